The van der Waals surface area contributed by atoms with Gasteiger partial charge in [-0.05, 0) is 31.4 Å². The van der Waals surface area contributed by atoms with Crippen molar-refractivity contribution in [3.05, 3.63) is 41.7 Å². The van der Waals surface area contributed by atoms with Gasteiger partial charge in [-0.2, -0.15) is 0 Å². The number of benzene rings is 1. The van der Waals surface area contributed by atoms with Gasteiger partial charge in [0.05, 0.1) is 11.9 Å². The van der Waals surface area contributed by atoms with Crippen LogP contribution in [-0.4, -0.2) is 39.2 Å². The predicted molar refractivity (Wildman–Crippen MR) is 79.3 cm³/mol. The van der Waals surface area contributed by atoms with E-state index in [0.717, 1.165) is 11.3 Å². The zero-order valence-electron chi connectivity index (χ0n) is 12.3. The van der Waals surface area contributed by atoms with Gasteiger partial charge in [0.15, 0.2) is 5.69 Å². The molecule has 21 heavy (non-hydrogen) atoms. The molecule has 6 heteroatoms. The second-order valence-corrected chi connectivity index (χ2v) is 5.21. The molecule has 0 aliphatic carbocycles. The molecule has 1 aromatic heterocycles. The standard InChI is InChI=1S/C15H20N4O2/c1-11-3-5-13(6-4-11)19-10-14(17-18-19)15(21)16-9-12(2)7-8-20/h3-6,10,12,20H,7-9H2,1-2H3,(H,16,21). The quantitative estimate of drug-likeness (QED) is 0.840. The van der Waals surface area contributed by atoms with Gasteiger partial charge in [0.1, 0.15) is 0 Å². The first-order valence-electron chi connectivity index (χ1n) is 6.98. The molecule has 0 saturated carbocycles. The molecule has 0 aliphatic rings. The van der Waals surface area contributed by atoms with Crippen molar-refractivity contribution in [1.29, 1.82) is 0 Å². The summed E-state index contributed by atoms with van der Waals surface area (Å²) < 4.78 is 1.57. The van der Waals surface area contributed by atoms with E-state index in [2.05, 4.69) is 15.6 Å². The number of amides is 1. The molecule has 2 N–H and O–H groups in total. The Morgan fingerprint density at radius 3 is 2.76 bits per heavy atom. The van der Waals surface area contributed by atoms with E-state index < -0.39 is 0 Å². The Kier molecular flexibility index (Phi) is 5.05. The molecule has 0 spiro atoms. The van der Waals surface area contributed by atoms with Crippen molar-refractivity contribution in [2.24, 2.45) is 5.92 Å². The molecule has 0 fully saturated rings. The van der Waals surface area contributed by atoms with Gasteiger partial charge in [0, 0.05) is 13.2 Å². The van der Waals surface area contributed by atoms with Crippen molar-refractivity contribution in [3.8, 4) is 5.69 Å². The number of aliphatic hydroxyl groups excluding tert-OH is 1. The Hall–Kier alpha value is -2.21. The summed E-state index contributed by atoms with van der Waals surface area (Å²) in [6, 6.07) is 7.81. The first-order chi connectivity index (χ1) is 10.1. The number of carbonyl (C=O) groups is 1. The van der Waals surface area contributed by atoms with E-state index in [9.17, 15) is 4.79 Å². The second-order valence-electron chi connectivity index (χ2n) is 5.21. The van der Waals surface area contributed by atoms with Crippen LogP contribution in [0.3, 0.4) is 0 Å². The van der Waals surface area contributed by atoms with Crippen molar-refractivity contribution in [1.82, 2.24) is 20.3 Å². The third-order valence-electron chi connectivity index (χ3n) is 3.26. The number of aromatic nitrogens is 3. The summed E-state index contributed by atoms with van der Waals surface area (Å²) in [5, 5.41) is 19.5. The minimum Gasteiger partial charge on any atom is -0.396 e. The van der Waals surface area contributed by atoms with Crippen LogP contribution in [0.4, 0.5) is 0 Å². The fraction of sp³-hybridized carbons (Fsp3) is 0.400. The summed E-state index contributed by atoms with van der Waals surface area (Å²) in [5.74, 6) is -0.0238. The summed E-state index contributed by atoms with van der Waals surface area (Å²) in [6.45, 7) is 4.62. The van der Waals surface area contributed by atoms with Crippen LogP contribution in [0.1, 0.15) is 29.4 Å². The minimum atomic E-state index is -0.252. The van der Waals surface area contributed by atoms with E-state index in [1.54, 1.807) is 10.9 Å². The molecule has 0 saturated heterocycles. The topological polar surface area (TPSA) is 80.0 Å². The van der Waals surface area contributed by atoms with Gasteiger partial charge in [-0.3, -0.25) is 4.79 Å². The number of rotatable bonds is 6. The van der Waals surface area contributed by atoms with Gasteiger partial charge in [0.2, 0.25) is 0 Å². The maximum Gasteiger partial charge on any atom is 0.273 e. The van der Waals surface area contributed by atoms with E-state index in [1.807, 2.05) is 38.1 Å². The lowest BCUT2D eigenvalue weighted by Crippen LogP contribution is -2.28. The van der Waals surface area contributed by atoms with Crippen LogP contribution in [-0.2, 0) is 0 Å². The fourth-order valence-corrected chi connectivity index (χ4v) is 1.87. The van der Waals surface area contributed by atoms with Crippen molar-refractivity contribution in [2.75, 3.05) is 13.2 Å². The molecule has 1 heterocycles. The normalized spacial score (nSPS) is 12.1. The number of aliphatic hydroxyl groups is 1. The van der Waals surface area contributed by atoms with Crippen molar-refractivity contribution < 1.29 is 9.90 Å². The van der Waals surface area contributed by atoms with E-state index in [0.29, 0.717) is 13.0 Å². The van der Waals surface area contributed by atoms with Crippen LogP contribution in [0.2, 0.25) is 0 Å². The zero-order valence-corrected chi connectivity index (χ0v) is 12.3. The Morgan fingerprint density at radius 2 is 2.10 bits per heavy atom. The van der Waals surface area contributed by atoms with Gasteiger partial charge in [0.25, 0.3) is 5.91 Å². The van der Waals surface area contributed by atoms with Crippen molar-refractivity contribution in [3.63, 3.8) is 0 Å². The minimum absolute atomic E-state index is 0.126. The molecular weight excluding hydrogens is 268 g/mol. The zero-order chi connectivity index (χ0) is 15.2. The molecule has 0 bridgehead atoms. The molecule has 0 aliphatic heterocycles. The Balaban J connectivity index is 1.99. The summed E-state index contributed by atoms with van der Waals surface area (Å²) in [4.78, 5) is 12.0. The smallest absolute Gasteiger partial charge is 0.273 e. The van der Waals surface area contributed by atoms with E-state index >= 15 is 0 Å². The number of aryl methyl sites for hydroxylation is 1. The molecular formula is C15H20N4O2. The van der Waals surface area contributed by atoms with Gasteiger partial charge < -0.3 is 10.4 Å². The summed E-state index contributed by atoms with van der Waals surface area (Å²) in [7, 11) is 0. The second kappa shape index (κ2) is 6.99. The lowest BCUT2D eigenvalue weighted by Gasteiger charge is -2.09. The highest BCUT2D eigenvalue weighted by Gasteiger charge is 2.12. The summed E-state index contributed by atoms with van der Waals surface area (Å²) in [5.41, 5.74) is 2.31. The average molecular weight is 288 g/mol. The maximum atomic E-state index is 12.0. The number of hydrogen-bond acceptors (Lipinski definition) is 4. The lowest BCUT2D eigenvalue weighted by molar-refractivity contribution is 0.0940. The van der Waals surface area contributed by atoms with Gasteiger partial charge >= 0.3 is 0 Å². The molecule has 112 valence electrons. The number of nitrogens with zero attached hydrogens (tertiary/aromatic N) is 3. The maximum absolute atomic E-state index is 12.0. The highest BCUT2D eigenvalue weighted by atomic mass is 16.3. The number of carbonyl (C=O) groups excluding carboxylic acids is 1. The molecule has 2 rings (SSSR count). The monoisotopic (exact) mass is 288 g/mol. The van der Waals surface area contributed by atoms with E-state index in [1.165, 1.54) is 0 Å². The first-order valence-corrected chi connectivity index (χ1v) is 6.98. The highest BCUT2D eigenvalue weighted by Crippen LogP contribution is 2.08. The molecule has 1 aromatic carbocycles. The fourth-order valence-electron chi connectivity index (χ4n) is 1.87. The molecule has 1 unspecified atom stereocenters. The Morgan fingerprint density at radius 1 is 1.38 bits per heavy atom. The molecule has 1 atom stereocenters. The molecule has 1 amide bonds. The molecule has 2 aromatic rings. The van der Waals surface area contributed by atoms with Crippen LogP contribution >= 0.6 is 0 Å². The number of nitrogens with one attached hydrogen (secondary N) is 1. The molecule has 0 radical (unpaired) electrons. The third kappa shape index (κ3) is 4.13. The van der Waals surface area contributed by atoms with Crippen LogP contribution < -0.4 is 5.32 Å². The van der Waals surface area contributed by atoms with Gasteiger partial charge in [-0.1, -0.05) is 29.8 Å². The summed E-state index contributed by atoms with van der Waals surface area (Å²) in [6.07, 6.45) is 2.27. The Labute approximate surface area is 123 Å². The number of hydrogen-bond donors (Lipinski definition) is 2. The highest BCUT2D eigenvalue weighted by molar-refractivity contribution is 5.91. The van der Waals surface area contributed by atoms with E-state index in [-0.39, 0.29) is 24.1 Å². The lowest BCUT2D eigenvalue weighted by atomic mass is 10.1. The van der Waals surface area contributed by atoms with Gasteiger partial charge in [-0.25, -0.2) is 4.68 Å². The predicted octanol–water partition coefficient (Wildman–Crippen LogP) is 1.32. The Bertz CT molecular complexity index is 592. The SMILES string of the molecule is Cc1ccc(-n2cc(C(=O)NCC(C)CCO)nn2)cc1. The largest absolute Gasteiger partial charge is 0.396 e. The third-order valence-corrected chi connectivity index (χ3v) is 3.26. The average Bonchev–Trinajstić information content (AvgIpc) is 2.96. The summed E-state index contributed by atoms with van der Waals surface area (Å²) >= 11 is 0. The van der Waals surface area contributed by atoms with Crippen LogP contribution in [0.25, 0.3) is 5.69 Å². The van der Waals surface area contributed by atoms with Gasteiger partial charge in [-0.15, -0.1) is 5.10 Å². The molecule has 6 nitrogen and oxygen atoms in total. The van der Waals surface area contributed by atoms with Crippen molar-refractivity contribution >= 4 is 5.91 Å². The van der Waals surface area contributed by atoms with Crippen LogP contribution in [0.5, 0.6) is 0 Å². The van der Waals surface area contributed by atoms with Crippen LogP contribution in [0.15, 0.2) is 30.5 Å². The van der Waals surface area contributed by atoms with Crippen molar-refractivity contribution in [2.45, 2.75) is 20.3 Å². The van der Waals surface area contributed by atoms with Crippen LogP contribution in [0, 0.1) is 12.8 Å². The first kappa shape index (κ1) is 15.2. The van der Waals surface area contributed by atoms with E-state index in [4.69, 9.17) is 5.11 Å².